The van der Waals surface area contributed by atoms with Gasteiger partial charge in [-0.2, -0.15) is 0 Å². The molecule has 0 bridgehead atoms. The molecule has 3 rings (SSSR count). The Bertz CT molecular complexity index is 951. The van der Waals surface area contributed by atoms with E-state index in [4.69, 9.17) is 4.74 Å². The fourth-order valence-corrected chi connectivity index (χ4v) is 4.42. The number of sulfonamides is 1. The van der Waals surface area contributed by atoms with Gasteiger partial charge in [-0.05, 0) is 37.3 Å². The summed E-state index contributed by atoms with van der Waals surface area (Å²) in [6, 6.07) is 13.9. The van der Waals surface area contributed by atoms with Crippen molar-refractivity contribution in [3.8, 4) is 17.1 Å². The SMILES string of the molecule is COc1ccc(-c2cccc(NS(=O)(=O)c3ccc(C)s3)c2)nn1. The number of anilines is 1. The fraction of sp³-hybridized carbons (Fsp3) is 0.125. The molecule has 0 aliphatic carbocycles. The predicted molar refractivity (Wildman–Crippen MR) is 93.9 cm³/mol. The van der Waals surface area contributed by atoms with E-state index in [0.717, 1.165) is 10.4 Å². The molecule has 1 aromatic carbocycles. The van der Waals surface area contributed by atoms with Gasteiger partial charge < -0.3 is 4.74 Å². The Labute approximate surface area is 144 Å². The Morgan fingerprint density at radius 3 is 2.54 bits per heavy atom. The quantitative estimate of drug-likeness (QED) is 0.754. The summed E-state index contributed by atoms with van der Waals surface area (Å²) in [5.41, 5.74) is 1.85. The molecule has 24 heavy (non-hydrogen) atoms. The van der Waals surface area contributed by atoms with Crippen molar-refractivity contribution in [2.24, 2.45) is 0 Å². The molecule has 0 atom stereocenters. The van der Waals surface area contributed by atoms with Crippen LogP contribution in [0.1, 0.15) is 4.88 Å². The molecular formula is C16H15N3O3S2. The van der Waals surface area contributed by atoms with E-state index in [1.54, 1.807) is 42.5 Å². The van der Waals surface area contributed by atoms with E-state index in [9.17, 15) is 8.42 Å². The van der Waals surface area contributed by atoms with Gasteiger partial charge in [0.1, 0.15) is 4.21 Å². The van der Waals surface area contributed by atoms with Crippen LogP contribution in [0.4, 0.5) is 5.69 Å². The standard InChI is InChI=1S/C16H15N3O3S2/c1-11-6-9-16(23-11)24(20,21)19-13-5-3-4-12(10-13)14-7-8-15(22-2)18-17-14/h3-10,19H,1-2H3. The number of benzene rings is 1. The zero-order chi connectivity index (χ0) is 17.2. The third-order valence-electron chi connectivity index (χ3n) is 3.24. The van der Waals surface area contributed by atoms with E-state index < -0.39 is 10.0 Å². The summed E-state index contributed by atoms with van der Waals surface area (Å²) in [6.45, 7) is 1.87. The van der Waals surface area contributed by atoms with Crippen LogP contribution in [0.3, 0.4) is 0 Å². The molecule has 0 aliphatic rings. The second kappa shape index (κ2) is 6.58. The molecule has 2 heterocycles. The highest BCUT2D eigenvalue weighted by atomic mass is 32.2. The lowest BCUT2D eigenvalue weighted by molar-refractivity contribution is 0.392. The number of rotatable bonds is 5. The molecule has 0 saturated carbocycles. The molecule has 2 aromatic heterocycles. The first-order valence-corrected chi connectivity index (χ1v) is 9.35. The smallest absolute Gasteiger partial charge is 0.271 e. The van der Waals surface area contributed by atoms with Crippen LogP contribution in [0, 0.1) is 6.92 Å². The highest BCUT2D eigenvalue weighted by Gasteiger charge is 2.16. The van der Waals surface area contributed by atoms with Crippen LogP contribution < -0.4 is 9.46 Å². The molecule has 0 amide bonds. The van der Waals surface area contributed by atoms with Gasteiger partial charge in [0.15, 0.2) is 0 Å². The second-order valence-electron chi connectivity index (χ2n) is 5.01. The van der Waals surface area contributed by atoms with Gasteiger partial charge in [0.2, 0.25) is 5.88 Å². The third-order valence-corrected chi connectivity index (χ3v) is 6.11. The maximum atomic E-state index is 12.4. The maximum Gasteiger partial charge on any atom is 0.271 e. The van der Waals surface area contributed by atoms with E-state index >= 15 is 0 Å². The molecule has 0 aliphatic heterocycles. The average molecular weight is 361 g/mol. The van der Waals surface area contributed by atoms with E-state index in [1.165, 1.54) is 18.4 Å². The van der Waals surface area contributed by atoms with Gasteiger partial charge in [0.05, 0.1) is 12.8 Å². The van der Waals surface area contributed by atoms with Crippen molar-refractivity contribution in [1.29, 1.82) is 0 Å². The Hall–Kier alpha value is -2.45. The second-order valence-corrected chi connectivity index (χ2v) is 8.21. The number of thiophene rings is 1. The van der Waals surface area contributed by atoms with Crippen molar-refractivity contribution in [3.63, 3.8) is 0 Å². The largest absolute Gasteiger partial charge is 0.480 e. The van der Waals surface area contributed by atoms with Crippen LogP contribution >= 0.6 is 11.3 Å². The van der Waals surface area contributed by atoms with Gasteiger partial charge in [-0.1, -0.05) is 12.1 Å². The van der Waals surface area contributed by atoms with Gasteiger partial charge in [-0.15, -0.1) is 21.5 Å². The van der Waals surface area contributed by atoms with Crippen LogP contribution in [-0.4, -0.2) is 25.7 Å². The van der Waals surface area contributed by atoms with Crippen LogP contribution in [0.5, 0.6) is 5.88 Å². The minimum Gasteiger partial charge on any atom is -0.480 e. The van der Waals surface area contributed by atoms with E-state index in [-0.39, 0.29) is 4.21 Å². The lowest BCUT2D eigenvalue weighted by Gasteiger charge is -2.08. The Morgan fingerprint density at radius 1 is 1.08 bits per heavy atom. The minimum absolute atomic E-state index is 0.287. The molecule has 6 nitrogen and oxygen atoms in total. The average Bonchev–Trinajstić information content (AvgIpc) is 3.02. The van der Waals surface area contributed by atoms with Gasteiger partial charge in [-0.3, -0.25) is 4.72 Å². The molecule has 0 radical (unpaired) electrons. The number of aryl methyl sites for hydroxylation is 1. The summed E-state index contributed by atoms with van der Waals surface area (Å²) in [5.74, 6) is 0.420. The lowest BCUT2D eigenvalue weighted by Crippen LogP contribution is -2.11. The molecule has 0 spiro atoms. The number of nitrogens with zero attached hydrogens (tertiary/aromatic N) is 2. The van der Waals surface area contributed by atoms with Crippen LogP contribution in [0.15, 0.2) is 52.7 Å². The summed E-state index contributed by atoms with van der Waals surface area (Å²) in [5, 5.41) is 7.99. The minimum atomic E-state index is -3.59. The molecule has 0 saturated heterocycles. The Morgan fingerprint density at radius 2 is 1.92 bits per heavy atom. The first kappa shape index (κ1) is 16.4. The first-order chi connectivity index (χ1) is 11.5. The molecule has 8 heteroatoms. The van der Waals surface area contributed by atoms with Gasteiger partial charge in [0, 0.05) is 22.2 Å². The van der Waals surface area contributed by atoms with Crippen molar-refractivity contribution in [2.45, 2.75) is 11.1 Å². The van der Waals surface area contributed by atoms with Crippen LogP contribution in [-0.2, 0) is 10.0 Å². The summed E-state index contributed by atoms with van der Waals surface area (Å²) < 4.78 is 32.7. The van der Waals surface area contributed by atoms with E-state index in [0.29, 0.717) is 17.3 Å². The number of ether oxygens (including phenoxy) is 1. The van der Waals surface area contributed by atoms with Crippen molar-refractivity contribution < 1.29 is 13.2 Å². The lowest BCUT2D eigenvalue weighted by atomic mass is 10.1. The number of aromatic nitrogens is 2. The zero-order valence-electron chi connectivity index (χ0n) is 13.1. The van der Waals surface area contributed by atoms with E-state index in [1.807, 2.05) is 13.0 Å². The highest BCUT2D eigenvalue weighted by molar-refractivity contribution is 7.94. The number of hydrogen-bond donors (Lipinski definition) is 1. The highest BCUT2D eigenvalue weighted by Crippen LogP contribution is 2.26. The third kappa shape index (κ3) is 3.55. The predicted octanol–water partition coefficient (Wildman–Crippen LogP) is 3.32. The Kier molecular flexibility index (Phi) is 4.50. The van der Waals surface area contributed by atoms with Gasteiger partial charge in [0.25, 0.3) is 10.0 Å². The van der Waals surface area contributed by atoms with Crippen LogP contribution in [0.25, 0.3) is 11.3 Å². The van der Waals surface area contributed by atoms with Gasteiger partial charge >= 0.3 is 0 Å². The molecule has 124 valence electrons. The number of methoxy groups -OCH3 is 1. The monoisotopic (exact) mass is 361 g/mol. The maximum absolute atomic E-state index is 12.4. The van der Waals surface area contributed by atoms with Gasteiger partial charge in [-0.25, -0.2) is 8.42 Å². The van der Waals surface area contributed by atoms with E-state index in [2.05, 4.69) is 14.9 Å². The molecule has 0 unspecified atom stereocenters. The molecular weight excluding hydrogens is 346 g/mol. The normalized spacial score (nSPS) is 11.2. The molecule has 1 N–H and O–H groups in total. The zero-order valence-corrected chi connectivity index (χ0v) is 14.7. The van der Waals surface area contributed by atoms with Crippen molar-refractivity contribution in [3.05, 3.63) is 53.4 Å². The fourth-order valence-electron chi connectivity index (χ4n) is 2.09. The summed E-state index contributed by atoms with van der Waals surface area (Å²) in [7, 11) is -2.07. The number of nitrogens with one attached hydrogen (secondary N) is 1. The first-order valence-electron chi connectivity index (χ1n) is 7.05. The van der Waals surface area contributed by atoms with Crippen molar-refractivity contribution in [1.82, 2.24) is 10.2 Å². The summed E-state index contributed by atoms with van der Waals surface area (Å²) >= 11 is 1.23. The number of hydrogen-bond acceptors (Lipinski definition) is 6. The van der Waals surface area contributed by atoms with Crippen LogP contribution in [0.2, 0.25) is 0 Å². The Balaban J connectivity index is 1.87. The van der Waals surface area contributed by atoms with Crippen molar-refractivity contribution in [2.75, 3.05) is 11.8 Å². The summed E-state index contributed by atoms with van der Waals surface area (Å²) in [4.78, 5) is 0.942. The van der Waals surface area contributed by atoms with Crippen molar-refractivity contribution >= 4 is 27.0 Å². The summed E-state index contributed by atoms with van der Waals surface area (Å²) in [6.07, 6.45) is 0. The topological polar surface area (TPSA) is 81.2 Å². The molecule has 0 fully saturated rings. The molecule has 3 aromatic rings.